The Morgan fingerprint density at radius 1 is 1.40 bits per heavy atom. The number of nitrogens with zero attached hydrogens (tertiary/aromatic N) is 1. The molecule has 0 aromatic carbocycles. The molecular formula is C12H15ClN2O2S3. The van der Waals surface area contributed by atoms with E-state index >= 15 is 0 Å². The fourth-order valence-corrected chi connectivity index (χ4v) is 5.95. The van der Waals surface area contributed by atoms with Gasteiger partial charge in [-0.2, -0.15) is 0 Å². The van der Waals surface area contributed by atoms with Crippen molar-refractivity contribution < 1.29 is 8.42 Å². The van der Waals surface area contributed by atoms with Crippen LogP contribution in [0.25, 0.3) is 0 Å². The van der Waals surface area contributed by atoms with Crippen molar-refractivity contribution in [2.45, 2.75) is 31.0 Å². The summed E-state index contributed by atoms with van der Waals surface area (Å²) in [7, 11) is -3.61. The summed E-state index contributed by atoms with van der Waals surface area (Å²) in [6.07, 6.45) is 0. The third-order valence-electron chi connectivity index (χ3n) is 2.77. The molecule has 20 heavy (non-hydrogen) atoms. The first-order chi connectivity index (χ1) is 9.31. The summed E-state index contributed by atoms with van der Waals surface area (Å²) in [4.78, 5) is 4.96. The molecule has 0 saturated carbocycles. The van der Waals surface area contributed by atoms with Crippen LogP contribution in [-0.2, 0) is 10.0 Å². The van der Waals surface area contributed by atoms with E-state index in [4.69, 9.17) is 11.6 Å². The second kappa shape index (κ2) is 6.11. The summed E-state index contributed by atoms with van der Waals surface area (Å²) in [5.74, 6) is 0.145. The number of rotatable bonds is 5. The average Bonchev–Trinajstić information content (AvgIpc) is 2.95. The Hall–Kier alpha value is -0.470. The zero-order valence-corrected chi connectivity index (χ0v) is 14.5. The number of hydrogen-bond donors (Lipinski definition) is 1. The minimum atomic E-state index is -3.61. The Kier molecular flexibility index (Phi) is 4.86. The van der Waals surface area contributed by atoms with E-state index < -0.39 is 10.0 Å². The zero-order chi connectivity index (χ0) is 14.9. The number of sulfonamides is 1. The normalized spacial score (nSPS) is 13.8. The van der Waals surface area contributed by atoms with E-state index in [2.05, 4.69) is 9.71 Å². The number of nitrogens with one attached hydrogen (secondary N) is 1. The Balaban J connectivity index is 2.33. The molecule has 2 heterocycles. The first kappa shape index (κ1) is 15.9. The lowest BCUT2D eigenvalue weighted by Crippen LogP contribution is -2.31. The molecule has 0 saturated heterocycles. The smallest absolute Gasteiger partial charge is 0.229 e. The summed E-state index contributed by atoms with van der Waals surface area (Å²) in [5, 5.41) is 1.94. The van der Waals surface area contributed by atoms with E-state index in [-0.39, 0.29) is 20.6 Å². The van der Waals surface area contributed by atoms with Crippen molar-refractivity contribution in [1.82, 2.24) is 9.71 Å². The van der Waals surface area contributed by atoms with E-state index in [1.54, 1.807) is 6.92 Å². The molecular weight excluding hydrogens is 336 g/mol. The molecule has 2 aromatic rings. The van der Waals surface area contributed by atoms with Gasteiger partial charge < -0.3 is 0 Å². The predicted octanol–water partition coefficient (Wildman–Crippen LogP) is 3.84. The van der Waals surface area contributed by atoms with Crippen LogP contribution in [0.2, 0.25) is 4.47 Å². The quantitative estimate of drug-likeness (QED) is 0.891. The number of hydrogen-bond acceptors (Lipinski definition) is 5. The highest BCUT2D eigenvalue weighted by Gasteiger charge is 2.27. The molecule has 0 aliphatic heterocycles. The Bertz CT molecular complexity index is 678. The first-order valence-corrected chi connectivity index (χ1v) is 9.55. The molecule has 2 aromatic heterocycles. The highest BCUT2D eigenvalue weighted by molar-refractivity contribution is 7.91. The monoisotopic (exact) mass is 350 g/mol. The van der Waals surface area contributed by atoms with Gasteiger partial charge in [-0.3, -0.25) is 0 Å². The van der Waals surface area contributed by atoms with Crippen LogP contribution in [0.1, 0.15) is 30.5 Å². The maximum Gasteiger partial charge on any atom is 0.252 e. The SMILES string of the molecule is Cc1nc(Cl)sc1S(=O)(=O)NC(c1cccs1)C(C)C. The molecule has 4 nitrogen and oxygen atoms in total. The molecule has 1 N–H and O–H groups in total. The van der Waals surface area contributed by atoms with Crippen LogP contribution < -0.4 is 4.72 Å². The number of aryl methyl sites for hydroxylation is 1. The van der Waals surface area contributed by atoms with Crippen LogP contribution in [0.3, 0.4) is 0 Å². The van der Waals surface area contributed by atoms with E-state index in [0.717, 1.165) is 16.2 Å². The van der Waals surface area contributed by atoms with Crippen molar-refractivity contribution >= 4 is 44.3 Å². The molecule has 0 spiro atoms. The molecule has 0 fully saturated rings. The first-order valence-electron chi connectivity index (χ1n) is 6.00. The third kappa shape index (κ3) is 3.40. The summed E-state index contributed by atoms with van der Waals surface area (Å²) in [6.45, 7) is 5.62. The zero-order valence-electron chi connectivity index (χ0n) is 11.3. The average molecular weight is 351 g/mol. The van der Waals surface area contributed by atoms with Crippen molar-refractivity contribution in [1.29, 1.82) is 0 Å². The molecule has 0 amide bonds. The summed E-state index contributed by atoms with van der Waals surface area (Å²) >= 11 is 8.31. The highest BCUT2D eigenvalue weighted by atomic mass is 35.5. The number of thiazole rings is 1. The molecule has 110 valence electrons. The van der Waals surface area contributed by atoms with Gasteiger partial charge in [-0.25, -0.2) is 18.1 Å². The van der Waals surface area contributed by atoms with Gasteiger partial charge >= 0.3 is 0 Å². The molecule has 2 rings (SSSR count). The summed E-state index contributed by atoms with van der Waals surface area (Å²) < 4.78 is 28.1. The lowest BCUT2D eigenvalue weighted by atomic mass is 10.0. The third-order valence-corrected chi connectivity index (χ3v) is 7.04. The second-order valence-corrected chi connectivity index (χ2v) is 9.17. The fourth-order valence-electron chi connectivity index (χ4n) is 1.81. The number of thiophene rings is 1. The van der Waals surface area contributed by atoms with E-state index in [0.29, 0.717) is 5.69 Å². The Morgan fingerprint density at radius 3 is 2.55 bits per heavy atom. The lowest BCUT2D eigenvalue weighted by molar-refractivity contribution is 0.469. The van der Waals surface area contributed by atoms with E-state index in [1.165, 1.54) is 11.3 Å². The van der Waals surface area contributed by atoms with Crippen LogP contribution in [-0.4, -0.2) is 13.4 Å². The molecule has 1 unspecified atom stereocenters. The van der Waals surface area contributed by atoms with E-state index in [9.17, 15) is 8.42 Å². The Labute approximate surface area is 131 Å². The predicted molar refractivity (Wildman–Crippen MR) is 84.1 cm³/mol. The van der Waals surface area contributed by atoms with Gasteiger partial charge in [0.2, 0.25) is 0 Å². The largest absolute Gasteiger partial charge is 0.252 e. The van der Waals surface area contributed by atoms with Gasteiger partial charge in [-0.15, -0.1) is 11.3 Å². The van der Waals surface area contributed by atoms with Crippen molar-refractivity contribution in [3.63, 3.8) is 0 Å². The summed E-state index contributed by atoms with van der Waals surface area (Å²) in [5.41, 5.74) is 0.432. The Morgan fingerprint density at radius 2 is 2.10 bits per heavy atom. The van der Waals surface area contributed by atoms with Crippen molar-refractivity contribution in [2.24, 2.45) is 5.92 Å². The van der Waals surface area contributed by atoms with Gasteiger partial charge in [0.15, 0.2) is 8.68 Å². The minimum absolute atomic E-state index is 0.145. The molecule has 0 aliphatic rings. The standard InChI is InChI=1S/C12H15ClN2O2S3/c1-7(2)10(9-5-4-6-18-9)15-20(16,17)11-8(3)14-12(13)19-11/h4-7,10,15H,1-3H3. The maximum absolute atomic E-state index is 12.5. The van der Waals surface area contributed by atoms with Crippen LogP contribution in [0.15, 0.2) is 21.7 Å². The van der Waals surface area contributed by atoms with Gasteiger partial charge in [-0.1, -0.05) is 42.9 Å². The van der Waals surface area contributed by atoms with Crippen molar-refractivity contribution in [3.8, 4) is 0 Å². The highest BCUT2D eigenvalue weighted by Crippen LogP contribution is 2.31. The van der Waals surface area contributed by atoms with Gasteiger partial charge in [0, 0.05) is 4.88 Å². The molecule has 0 aliphatic carbocycles. The maximum atomic E-state index is 12.5. The number of halogens is 1. The molecule has 0 radical (unpaired) electrons. The van der Waals surface area contributed by atoms with Crippen molar-refractivity contribution in [3.05, 3.63) is 32.6 Å². The van der Waals surface area contributed by atoms with Gasteiger partial charge in [0.25, 0.3) is 10.0 Å². The second-order valence-electron chi connectivity index (χ2n) is 4.70. The van der Waals surface area contributed by atoms with Gasteiger partial charge in [-0.05, 0) is 24.3 Å². The fraction of sp³-hybridized carbons (Fsp3) is 0.417. The molecule has 1 atom stereocenters. The van der Waals surface area contributed by atoms with Crippen molar-refractivity contribution in [2.75, 3.05) is 0 Å². The van der Waals surface area contributed by atoms with Crippen LogP contribution >= 0.6 is 34.3 Å². The van der Waals surface area contributed by atoms with Crippen LogP contribution in [0.4, 0.5) is 0 Å². The van der Waals surface area contributed by atoms with Crippen LogP contribution in [0.5, 0.6) is 0 Å². The summed E-state index contributed by atoms with van der Waals surface area (Å²) in [6, 6.07) is 3.60. The van der Waals surface area contributed by atoms with Crippen LogP contribution in [0, 0.1) is 12.8 Å². The minimum Gasteiger partial charge on any atom is -0.229 e. The lowest BCUT2D eigenvalue weighted by Gasteiger charge is -2.20. The van der Waals surface area contributed by atoms with Gasteiger partial charge in [0.05, 0.1) is 11.7 Å². The van der Waals surface area contributed by atoms with E-state index in [1.807, 2.05) is 31.4 Å². The number of aromatic nitrogens is 1. The topological polar surface area (TPSA) is 59.1 Å². The molecule has 0 bridgehead atoms. The molecule has 8 heteroatoms. The van der Waals surface area contributed by atoms with Gasteiger partial charge in [0.1, 0.15) is 0 Å².